The van der Waals surface area contributed by atoms with Gasteiger partial charge in [0.05, 0.1) is 12.1 Å². The molecule has 150 valence electrons. The van der Waals surface area contributed by atoms with Gasteiger partial charge in [0.15, 0.2) is 0 Å². The highest BCUT2D eigenvalue weighted by Crippen LogP contribution is 2.26. The summed E-state index contributed by atoms with van der Waals surface area (Å²) in [7, 11) is 0. The second-order valence-corrected chi connectivity index (χ2v) is 7.93. The first-order valence-electron chi connectivity index (χ1n) is 9.65. The second-order valence-electron chi connectivity index (χ2n) is 6.95. The van der Waals surface area contributed by atoms with Crippen LogP contribution in [-0.2, 0) is 22.6 Å². The summed E-state index contributed by atoms with van der Waals surface area (Å²) in [5.74, 6) is 0.452. The molecule has 0 bridgehead atoms. The fraction of sp³-hybridized carbons (Fsp3) is 0.125. The van der Waals surface area contributed by atoms with Crippen LogP contribution < -0.4 is 10.2 Å². The molecule has 2 heterocycles. The zero-order valence-corrected chi connectivity index (χ0v) is 17.4. The molecule has 0 saturated heterocycles. The number of hydrogen-bond donors (Lipinski definition) is 1. The molecule has 0 radical (unpaired) electrons. The molecule has 0 saturated carbocycles. The molecule has 5 nitrogen and oxygen atoms in total. The summed E-state index contributed by atoms with van der Waals surface area (Å²) in [6.07, 6.45) is 2.10. The summed E-state index contributed by atoms with van der Waals surface area (Å²) in [5.41, 5.74) is 3.12. The molecule has 0 unspecified atom stereocenters. The Morgan fingerprint density at radius 2 is 1.80 bits per heavy atom. The minimum absolute atomic E-state index is 0.0391. The predicted octanol–water partition coefficient (Wildman–Crippen LogP) is 4.41. The number of rotatable bonds is 6. The Kier molecular flexibility index (Phi) is 5.86. The van der Waals surface area contributed by atoms with Crippen molar-refractivity contribution >= 4 is 40.8 Å². The quantitative estimate of drug-likeness (QED) is 0.606. The standard InChI is InChI=1S/C24H21N3O2S/c1-17-26-22(15-21-8-5-13-30-21)24(29)27(17)20-11-9-18(10-12-20)14-23(28)25-16-19-6-3-2-4-7-19/h2-13,15H,14,16H2,1H3,(H,25,28)/b22-15-. The van der Waals surface area contributed by atoms with E-state index in [1.165, 1.54) is 0 Å². The van der Waals surface area contributed by atoms with Crippen molar-refractivity contribution in [2.24, 2.45) is 4.99 Å². The van der Waals surface area contributed by atoms with Crippen molar-refractivity contribution in [1.29, 1.82) is 0 Å². The monoisotopic (exact) mass is 415 g/mol. The van der Waals surface area contributed by atoms with E-state index in [0.717, 1.165) is 21.7 Å². The lowest BCUT2D eigenvalue weighted by Crippen LogP contribution is -2.30. The molecule has 2 aromatic carbocycles. The van der Waals surface area contributed by atoms with Crippen LogP contribution in [0.2, 0.25) is 0 Å². The fourth-order valence-electron chi connectivity index (χ4n) is 3.25. The van der Waals surface area contributed by atoms with Crippen molar-refractivity contribution in [3.05, 3.63) is 93.8 Å². The summed E-state index contributed by atoms with van der Waals surface area (Å²) >= 11 is 1.57. The van der Waals surface area contributed by atoms with Gasteiger partial charge in [0, 0.05) is 11.4 Å². The molecule has 1 aromatic heterocycles. The zero-order chi connectivity index (χ0) is 20.9. The lowest BCUT2D eigenvalue weighted by atomic mass is 10.1. The number of carbonyl (C=O) groups excluding carboxylic acids is 2. The highest BCUT2D eigenvalue weighted by Gasteiger charge is 2.28. The maximum absolute atomic E-state index is 12.8. The number of hydrogen-bond acceptors (Lipinski definition) is 4. The minimum Gasteiger partial charge on any atom is -0.352 e. The van der Waals surface area contributed by atoms with Gasteiger partial charge < -0.3 is 5.32 Å². The summed E-state index contributed by atoms with van der Waals surface area (Å²) in [6.45, 7) is 2.33. The topological polar surface area (TPSA) is 61.8 Å². The molecule has 1 aliphatic heterocycles. The van der Waals surface area contributed by atoms with Crippen molar-refractivity contribution in [2.75, 3.05) is 4.90 Å². The number of carbonyl (C=O) groups is 2. The third-order valence-corrected chi connectivity index (χ3v) is 5.56. The van der Waals surface area contributed by atoms with E-state index >= 15 is 0 Å². The van der Waals surface area contributed by atoms with Crippen molar-refractivity contribution < 1.29 is 9.59 Å². The van der Waals surface area contributed by atoms with Crippen LogP contribution in [0.1, 0.15) is 22.9 Å². The molecule has 0 fully saturated rings. The van der Waals surface area contributed by atoms with Crippen molar-refractivity contribution in [2.45, 2.75) is 19.9 Å². The number of benzene rings is 2. The van der Waals surface area contributed by atoms with Gasteiger partial charge >= 0.3 is 0 Å². The molecule has 0 aliphatic carbocycles. The normalized spacial score (nSPS) is 14.8. The summed E-state index contributed by atoms with van der Waals surface area (Å²) in [4.78, 5) is 32.0. The number of nitrogens with one attached hydrogen (secondary N) is 1. The first-order chi connectivity index (χ1) is 14.6. The number of aliphatic imine (C=N–C) groups is 1. The van der Waals surface area contributed by atoms with Crippen LogP contribution >= 0.6 is 11.3 Å². The molecule has 30 heavy (non-hydrogen) atoms. The molecule has 0 spiro atoms. The Bertz CT molecular complexity index is 1100. The van der Waals surface area contributed by atoms with Crippen LogP contribution in [0, 0.1) is 0 Å². The number of thiophene rings is 1. The fourth-order valence-corrected chi connectivity index (χ4v) is 3.90. The molecule has 3 aromatic rings. The third kappa shape index (κ3) is 4.55. The van der Waals surface area contributed by atoms with Crippen molar-refractivity contribution in [1.82, 2.24) is 5.32 Å². The second kappa shape index (κ2) is 8.88. The Hall–Kier alpha value is -3.51. The lowest BCUT2D eigenvalue weighted by Gasteiger charge is -2.16. The van der Waals surface area contributed by atoms with Gasteiger partial charge in [0.25, 0.3) is 5.91 Å². The summed E-state index contributed by atoms with van der Waals surface area (Å²) < 4.78 is 0. The smallest absolute Gasteiger partial charge is 0.282 e. The Labute approximate surface area is 179 Å². The highest BCUT2D eigenvalue weighted by atomic mass is 32.1. The van der Waals surface area contributed by atoms with Gasteiger partial charge in [-0.2, -0.15) is 0 Å². The van der Waals surface area contributed by atoms with Crippen LogP contribution in [-0.4, -0.2) is 17.6 Å². The van der Waals surface area contributed by atoms with E-state index in [-0.39, 0.29) is 18.2 Å². The summed E-state index contributed by atoms with van der Waals surface area (Å²) in [6, 6.07) is 21.2. The van der Waals surface area contributed by atoms with Crippen LogP contribution in [0.3, 0.4) is 0 Å². The van der Waals surface area contributed by atoms with E-state index in [1.54, 1.807) is 16.2 Å². The Balaban J connectivity index is 1.39. The average Bonchev–Trinajstić information content (AvgIpc) is 3.36. The highest BCUT2D eigenvalue weighted by molar-refractivity contribution is 7.10. The number of amides is 2. The minimum atomic E-state index is -0.144. The molecule has 4 rings (SSSR count). The number of amidine groups is 1. The third-order valence-electron chi connectivity index (χ3n) is 4.74. The van der Waals surface area contributed by atoms with E-state index in [9.17, 15) is 9.59 Å². The Morgan fingerprint density at radius 3 is 2.50 bits per heavy atom. The van der Waals surface area contributed by atoms with E-state index < -0.39 is 0 Å². The zero-order valence-electron chi connectivity index (χ0n) is 16.5. The summed E-state index contributed by atoms with van der Waals surface area (Å²) in [5, 5.41) is 4.90. The molecular weight excluding hydrogens is 394 g/mol. The van der Waals surface area contributed by atoms with Gasteiger partial charge in [-0.3, -0.25) is 14.5 Å². The van der Waals surface area contributed by atoms with E-state index in [1.807, 2.05) is 85.1 Å². The van der Waals surface area contributed by atoms with Crippen LogP contribution in [0.15, 0.2) is 82.8 Å². The van der Waals surface area contributed by atoms with Gasteiger partial charge in [-0.05, 0) is 47.7 Å². The van der Waals surface area contributed by atoms with Crippen LogP contribution in [0.25, 0.3) is 6.08 Å². The average molecular weight is 416 g/mol. The maximum Gasteiger partial charge on any atom is 0.282 e. The van der Waals surface area contributed by atoms with Gasteiger partial charge in [-0.15, -0.1) is 11.3 Å². The van der Waals surface area contributed by atoms with Gasteiger partial charge in [0.2, 0.25) is 5.91 Å². The van der Waals surface area contributed by atoms with Gasteiger partial charge in [0.1, 0.15) is 11.5 Å². The van der Waals surface area contributed by atoms with Crippen molar-refractivity contribution in [3.63, 3.8) is 0 Å². The lowest BCUT2D eigenvalue weighted by molar-refractivity contribution is -0.120. The van der Waals surface area contributed by atoms with Crippen molar-refractivity contribution in [3.8, 4) is 0 Å². The molecule has 1 aliphatic rings. The largest absolute Gasteiger partial charge is 0.352 e. The molecular formula is C24H21N3O2S. The molecule has 1 N–H and O–H groups in total. The molecule has 2 amide bonds. The SMILES string of the molecule is CC1=N/C(=C\c2cccs2)C(=O)N1c1ccc(CC(=O)NCc2ccccc2)cc1. The Morgan fingerprint density at radius 1 is 1.03 bits per heavy atom. The maximum atomic E-state index is 12.8. The number of anilines is 1. The van der Waals surface area contributed by atoms with E-state index in [0.29, 0.717) is 18.1 Å². The van der Waals surface area contributed by atoms with Gasteiger partial charge in [-0.1, -0.05) is 48.5 Å². The molecule has 0 atom stereocenters. The van der Waals surface area contributed by atoms with E-state index in [2.05, 4.69) is 10.3 Å². The predicted molar refractivity (Wildman–Crippen MR) is 121 cm³/mol. The first-order valence-corrected chi connectivity index (χ1v) is 10.5. The first kappa shape index (κ1) is 19.8. The molecule has 6 heteroatoms. The van der Waals surface area contributed by atoms with Crippen LogP contribution in [0.5, 0.6) is 0 Å². The van der Waals surface area contributed by atoms with E-state index in [4.69, 9.17) is 0 Å². The van der Waals surface area contributed by atoms with Crippen LogP contribution in [0.4, 0.5) is 5.69 Å². The number of nitrogens with zero attached hydrogens (tertiary/aromatic N) is 2. The van der Waals surface area contributed by atoms with Gasteiger partial charge in [-0.25, -0.2) is 4.99 Å².